The zero-order chi connectivity index (χ0) is 9.26. The van der Waals surface area contributed by atoms with Gasteiger partial charge in [0, 0.05) is 6.04 Å². The van der Waals surface area contributed by atoms with Gasteiger partial charge in [0.2, 0.25) is 0 Å². The fraction of sp³-hybridized carbons (Fsp3) is 0.875. The molecule has 1 heterocycles. The Morgan fingerprint density at radius 3 is 2.92 bits per heavy atom. The summed E-state index contributed by atoms with van der Waals surface area (Å²) in [4.78, 5) is 0. The van der Waals surface area contributed by atoms with Crippen molar-refractivity contribution in [3.63, 3.8) is 0 Å². The minimum Gasteiger partial charge on any atom is -0.307 e. The van der Waals surface area contributed by atoms with Gasteiger partial charge in [0.15, 0.2) is 5.82 Å². The molecule has 5 heteroatoms. The lowest BCUT2D eigenvalue weighted by Gasteiger charge is -2.07. The summed E-state index contributed by atoms with van der Waals surface area (Å²) in [5.74, 6) is 0.932. The van der Waals surface area contributed by atoms with Gasteiger partial charge in [-0.2, -0.15) is 0 Å². The molecule has 1 aromatic heterocycles. The van der Waals surface area contributed by atoms with Crippen molar-refractivity contribution in [2.75, 3.05) is 0 Å². The summed E-state index contributed by atoms with van der Waals surface area (Å²) in [5.41, 5.74) is 0. The van der Waals surface area contributed by atoms with E-state index in [0.29, 0.717) is 12.1 Å². The van der Waals surface area contributed by atoms with Gasteiger partial charge in [-0.1, -0.05) is 0 Å². The van der Waals surface area contributed by atoms with Crippen LogP contribution in [0.15, 0.2) is 0 Å². The number of aromatic nitrogens is 4. The first-order valence-corrected chi connectivity index (χ1v) is 4.77. The van der Waals surface area contributed by atoms with Crippen LogP contribution in [0.4, 0.5) is 0 Å². The Balaban J connectivity index is 1.96. The summed E-state index contributed by atoms with van der Waals surface area (Å²) in [5, 5.41) is 15.0. The molecular formula is C8H15N5. The van der Waals surface area contributed by atoms with Crippen LogP contribution < -0.4 is 5.32 Å². The van der Waals surface area contributed by atoms with Crippen molar-refractivity contribution in [2.24, 2.45) is 0 Å². The molecule has 0 aliphatic heterocycles. The van der Waals surface area contributed by atoms with Crippen molar-refractivity contribution in [1.82, 2.24) is 25.5 Å². The molecule has 0 unspecified atom stereocenters. The predicted molar refractivity (Wildman–Crippen MR) is 48.1 cm³/mol. The van der Waals surface area contributed by atoms with Crippen LogP contribution in [0.3, 0.4) is 0 Å². The fourth-order valence-electron chi connectivity index (χ4n) is 1.25. The minimum atomic E-state index is 0.339. The molecule has 2 rings (SSSR count). The van der Waals surface area contributed by atoms with Gasteiger partial charge in [-0.25, -0.2) is 4.68 Å². The third-order valence-electron chi connectivity index (χ3n) is 2.18. The van der Waals surface area contributed by atoms with Crippen LogP contribution in [0.1, 0.15) is 38.6 Å². The third kappa shape index (κ3) is 2.03. The highest BCUT2D eigenvalue weighted by molar-refractivity contribution is 4.87. The molecule has 13 heavy (non-hydrogen) atoms. The normalized spacial score (nSPS) is 16.8. The van der Waals surface area contributed by atoms with Crippen molar-refractivity contribution in [2.45, 2.75) is 45.3 Å². The zero-order valence-corrected chi connectivity index (χ0v) is 8.06. The Morgan fingerprint density at radius 1 is 1.54 bits per heavy atom. The molecule has 0 atom stereocenters. The molecule has 1 aliphatic rings. The molecule has 0 aromatic carbocycles. The highest BCUT2D eigenvalue weighted by Crippen LogP contribution is 2.19. The van der Waals surface area contributed by atoms with E-state index in [1.807, 2.05) is 4.68 Å². The molecule has 0 spiro atoms. The van der Waals surface area contributed by atoms with E-state index in [1.54, 1.807) is 0 Å². The average Bonchev–Trinajstić information content (AvgIpc) is 2.79. The largest absolute Gasteiger partial charge is 0.307 e. The molecular weight excluding hydrogens is 166 g/mol. The summed E-state index contributed by atoms with van der Waals surface area (Å²) in [6.45, 7) is 4.95. The summed E-state index contributed by atoms with van der Waals surface area (Å²) < 4.78 is 1.86. The Bertz CT molecular complexity index is 276. The lowest BCUT2D eigenvalue weighted by atomic mass is 10.4. The Kier molecular flexibility index (Phi) is 2.26. The second-order valence-corrected chi connectivity index (χ2v) is 3.79. The van der Waals surface area contributed by atoms with E-state index in [9.17, 15) is 0 Å². The zero-order valence-electron chi connectivity index (χ0n) is 8.06. The maximum atomic E-state index is 3.98. The topological polar surface area (TPSA) is 55.6 Å². The first-order chi connectivity index (χ1) is 6.27. The van der Waals surface area contributed by atoms with E-state index in [1.165, 1.54) is 12.8 Å². The predicted octanol–water partition coefficient (Wildman–Crippen LogP) is 0.506. The van der Waals surface area contributed by atoms with E-state index in [2.05, 4.69) is 34.7 Å². The second kappa shape index (κ2) is 3.41. The molecule has 0 saturated heterocycles. The molecule has 0 bridgehead atoms. The summed E-state index contributed by atoms with van der Waals surface area (Å²) in [7, 11) is 0. The second-order valence-electron chi connectivity index (χ2n) is 3.79. The highest BCUT2D eigenvalue weighted by atomic mass is 15.5. The van der Waals surface area contributed by atoms with Crippen molar-refractivity contribution in [3.05, 3.63) is 5.82 Å². The number of tetrazole rings is 1. The van der Waals surface area contributed by atoms with Crippen LogP contribution in [0.25, 0.3) is 0 Å². The van der Waals surface area contributed by atoms with Gasteiger partial charge in [-0.3, -0.25) is 0 Å². The van der Waals surface area contributed by atoms with E-state index in [0.717, 1.165) is 12.4 Å². The van der Waals surface area contributed by atoms with Crippen LogP contribution in [0, 0.1) is 0 Å². The first kappa shape index (κ1) is 8.62. The molecule has 5 nitrogen and oxygen atoms in total. The van der Waals surface area contributed by atoms with Crippen LogP contribution in [-0.4, -0.2) is 26.2 Å². The first-order valence-electron chi connectivity index (χ1n) is 4.77. The smallest absolute Gasteiger partial charge is 0.165 e. The maximum Gasteiger partial charge on any atom is 0.165 e. The van der Waals surface area contributed by atoms with E-state index in [-0.39, 0.29) is 0 Å². The Labute approximate surface area is 77.5 Å². The van der Waals surface area contributed by atoms with Crippen LogP contribution in [-0.2, 0) is 6.54 Å². The lowest BCUT2D eigenvalue weighted by molar-refractivity contribution is 0.481. The van der Waals surface area contributed by atoms with Gasteiger partial charge in [0.25, 0.3) is 0 Å². The number of hydrogen-bond acceptors (Lipinski definition) is 4. The third-order valence-corrected chi connectivity index (χ3v) is 2.18. The van der Waals surface area contributed by atoms with Crippen molar-refractivity contribution < 1.29 is 0 Å². The van der Waals surface area contributed by atoms with Crippen molar-refractivity contribution >= 4 is 0 Å². The highest BCUT2D eigenvalue weighted by Gasteiger charge is 2.21. The van der Waals surface area contributed by atoms with E-state index in [4.69, 9.17) is 0 Å². The lowest BCUT2D eigenvalue weighted by Crippen LogP contribution is -2.20. The van der Waals surface area contributed by atoms with E-state index < -0.39 is 0 Å². The van der Waals surface area contributed by atoms with Crippen molar-refractivity contribution in [3.8, 4) is 0 Å². The number of hydrogen-bond donors (Lipinski definition) is 1. The molecule has 0 radical (unpaired) electrons. The molecule has 1 saturated carbocycles. The standard InChI is InChI=1S/C8H15N5/c1-6(2)13-8(10-11-12-13)5-9-7-3-4-7/h6-7,9H,3-5H2,1-2H3. The van der Waals surface area contributed by atoms with Gasteiger partial charge in [0.05, 0.1) is 12.6 Å². The number of nitrogens with one attached hydrogen (secondary N) is 1. The van der Waals surface area contributed by atoms with Gasteiger partial charge in [-0.15, -0.1) is 5.10 Å². The van der Waals surface area contributed by atoms with Crippen LogP contribution in [0.2, 0.25) is 0 Å². The molecule has 1 N–H and O–H groups in total. The fourth-order valence-corrected chi connectivity index (χ4v) is 1.25. The number of rotatable bonds is 4. The van der Waals surface area contributed by atoms with Crippen LogP contribution >= 0.6 is 0 Å². The number of nitrogens with zero attached hydrogens (tertiary/aromatic N) is 4. The maximum absolute atomic E-state index is 3.98. The summed E-state index contributed by atoms with van der Waals surface area (Å²) in [6, 6.07) is 1.04. The Morgan fingerprint density at radius 2 is 2.31 bits per heavy atom. The quantitative estimate of drug-likeness (QED) is 0.735. The Hall–Kier alpha value is -0.970. The van der Waals surface area contributed by atoms with E-state index >= 15 is 0 Å². The molecule has 72 valence electrons. The van der Waals surface area contributed by atoms with Gasteiger partial charge < -0.3 is 5.32 Å². The SMILES string of the molecule is CC(C)n1nnnc1CNC1CC1. The minimum absolute atomic E-state index is 0.339. The summed E-state index contributed by atoms with van der Waals surface area (Å²) in [6.07, 6.45) is 2.59. The molecule has 1 aliphatic carbocycles. The van der Waals surface area contributed by atoms with Gasteiger partial charge in [0.1, 0.15) is 0 Å². The average molecular weight is 181 g/mol. The van der Waals surface area contributed by atoms with Crippen LogP contribution in [0.5, 0.6) is 0 Å². The summed E-state index contributed by atoms with van der Waals surface area (Å²) >= 11 is 0. The van der Waals surface area contributed by atoms with Crippen molar-refractivity contribution in [1.29, 1.82) is 0 Å². The molecule has 0 amide bonds. The molecule has 1 aromatic rings. The monoisotopic (exact) mass is 181 g/mol. The van der Waals surface area contributed by atoms with Gasteiger partial charge in [-0.05, 0) is 37.1 Å². The molecule has 1 fully saturated rings. The van der Waals surface area contributed by atoms with Gasteiger partial charge >= 0.3 is 0 Å².